The first-order valence-corrected chi connectivity index (χ1v) is 11.5. The first-order chi connectivity index (χ1) is 12.4. The molecule has 1 aromatic carbocycles. The molecule has 0 aliphatic carbocycles. The lowest BCUT2D eigenvalue weighted by Gasteiger charge is -2.15. The van der Waals surface area contributed by atoms with Gasteiger partial charge in [0, 0.05) is 19.8 Å². The number of benzene rings is 1. The average molecular weight is 384 g/mol. The molecule has 1 rings (SSSR count). The van der Waals surface area contributed by atoms with Crippen LogP contribution in [0.15, 0.2) is 29.2 Å². The molecule has 4 nitrogen and oxygen atoms in total. The van der Waals surface area contributed by atoms with Crippen LogP contribution in [0.2, 0.25) is 0 Å². The van der Waals surface area contributed by atoms with Crippen molar-refractivity contribution in [1.29, 1.82) is 0 Å². The van der Waals surface area contributed by atoms with Crippen LogP contribution in [0.5, 0.6) is 0 Å². The van der Waals surface area contributed by atoms with Gasteiger partial charge in [0.2, 0.25) is 0 Å². The second kappa shape index (κ2) is 12.3. The zero-order valence-corrected chi connectivity index (χ0v) is 17.9. The Balaban J connectivity index is 2.25. The fourth-order valence-electron chi connectivity index (χ4n) is 2.97. The van der Waals surface area contributed by atoms with E-state index in [-0.39, 0.29) is 11.0 Å². The minimum atomic E-state index is -3.68. The van der Waals surface area contributed by atoms with Gasteiger partial charge < -0.3 is 4.90 Å². The maximum atomic E-state index is 12.3. The van der Waals surface area contributed by atoms with Gasteiger partial charge in [-0.25, -0.2) is 0 Å². The van der Waals surface area contributed by atoms with Crippen molar-refractivity contribution in [3.8, 4) is 0 Å². The van der Waals surface area contributed by atoms with Gasteiger partial charge in [0.1, 0.15) is 0 Å². The van der Waals surface area contributed by atoms with Crippen LogP contribution in [0.3, 0.4) is 0 Å². The van der Waals surface area contributed by atoms with E-state index in [1.165, 1.54) is 44.9 Å². The Hall–Kier alpha value is -1.07. The topological polar surface area (TPSA) is 46.6 Å². The molecule has 1 aromatic rings. The van der Waals surface area contributed by atoms with Crippen LogP contribution in [-0.2, 0) is 14.3 Å². The summed E-state index contributed by atoms with van der Waals surface area (Å²) in [6.45, 7) is 4.08. The van der Waals surface area contributed by atoms with E-state index in [2.05, 4.69) is 6.92 Å². The van der Waals surface area contributed by atoms with Crippen molar-refractivity contribution in [3.63, 3.8) is 0 Å². The molecule has 26 heavy (non-hydrogen) atoms. The monoisotopic (exact) mass is 383 g/mol. The van der Waals surface area contributed by atoms with Gasteiger partial charge in [-0.05, 0) is 37.6 Å². The molecule has 1 unspecified atom stereocenters. The Labute approximate surface area is 161 Å². The molecule has 0 heterocycles. The number of hydrogen-bond donors (Lipinski definition) is 0. The molecule has 0 spiro atoms. The summed E-state index contributed by atoms with van der Waals surface area (Å²) in [6.07, 6.45) is 11.9. The fourth-order valence-corrected chi connectivity index (χ4v) is 4.08. The predicted octanol–water partition coefficient (Wildman–Crippen LogP) is 5.77. The summed E-state index contributed by atoms with van der Waals surface area (Å²) in [5.41, 5.74) is 0.965. The Morgan fingerprint density at radius 1 is 0.885 bits per heavy atom. The fraction of sp³-hybridized carbons (Fsp3) is 0.714. The van der Waals surface area contributed by atoms with Crippen molar-refractivity contribution in [2.24, 2.45) is 0 Å². The van der Waals surface area contributed by atoms with Gasteiger partial charge in [0.25, 0.3) is 10.1 Å². The van der Waals surface area contributed by atoms with Crippen LogP contribution < -0.4 is 4.90 Å². The number of unbranched alkanes of at least 4 members (excludes halogenated alkanes) is 8. The summed E-state index contributed by atoms with van der Waals surface area (Å²) >= 11 is 0. The van der Waals surface area contributed by atoms with Crippen molar-refractivity contribution in [3.05, 3.63) is 24.3 Å². The Morgan fingerprint density at radius 3 is 1.88 bits per heavy atom. The lowest BCUT2D eigenvalue weighted by Crippen LogP contribution is -2.16. The SMILES string of the molecule is CCCCCCCCCCCC(C)OS(=O)(=O)c1ccc(N(C)C)cc1. The van der Waals surface area contributed by atoms with Crippen molar-refractivity contribution in [2.45, 2.75) is 89.1 Å². The molecule has 0 aliphatic heterocycles. The van der Waals surface area contributed by atoms with E-state index in [1.54, 1.807) is 24.3 Å². The molecule has 1 atom stereocenters. The van der Waals surface area contributed by atoms with Crippen molar-refractivity contribution < 1.29 is 12.6 Å². The number of anilines is 1. The smallest absolute Gasteiger partial charge is 0.297 e. The molecule has 0 fully saturated rings. The van der Waals surface area contributed by atoms with E-state index in [9.17, 15) is 8.42 Å². The Morgan fingerprint density at radius 2 is 1.38 bits per heavy atom. The van der Waals surface area contributed by atoms with E-state index >= 15 is 0 Å². The van der Waals surface area contributed by atoms with E-state index in [1.807, 2.05) is 25.9 Å². The van der Waals surface area contributed by atoms with E-state index < -0.39 is 10.1 Å². The van der Waals surface area contributed by atoms with Gasteiger partial charge in [0.05, 0.1) is 11.0 Å². The number of nitrogens with zero attached hydrogens (tertiary/aromatic N) is 1. The highest BCUT2D eigenvalue weighted by molar-refractivity contribution is 7.86. The Bertz CT molecular complexity index is 582. The average Bonchev–Trinajstić information content (AvgIpc) is 2.60. The van der Waals surface area contributed by atoms with Crippen molar-refractivity contribution >= 4 is 15.8 Å². The van der Waals surface area contributed by atoms with E-state index in [0.717, 1.165) is 24.9 Å². The van der Waals surface area contributed by atoms with Crippen LogP contribution in [0.4, 0.5) is 5.69 Å². The molecule has 0 amide bonds. The molecular formula is C21H37NO3S. The third kappa shape index (κ3) is 9.04. The third-order valence-corrected chi connectivity index (χ3v) is 6.08. The maximum absolute atomic E-state index is 12.3. The van der Waals surface area contributed by atoms with Crippen LogP contribution in [0.25, 0.3) is 0 Å². The van der Waals surface area contributed by atoms with Gasteiger partial charge in [0.15, 0.2) is 0 Å². The lowest BCUT2D eigenvalue weighted by atomic mass is 10.1. The van der Waals surface area contributed by atoms with Gasteiger partial charge in [-0.15, -0.1) is 0 Å². The molecule has 0 aromatic heterocycles. The quantitative estimate of drug-likeness (QED) is 0.302. The second-order valence-electron chi connectivity index (χ2n) is 7.37. The lowest BCUT2D eigenvalue weighted by molar-refractivity contribution is 0.213. The molecular weight excluding hydrogens is 346 g/mol. The van der Waals surface area contributed by atoms with Crippen molar-refractivity contribution in [1.82, 2.24) is 0 Å². The van der Waals surface area contributed by atoms with Crippen LogP contribution in [-0.4, -0.2) is 28.6 Å². The Kier molecular flexibility index (Phi) is 10.9. The highest BCUT2D eigenvalue weighted by atomic mass is 32.2. The molecule has 5 heteroatoms. The zero-order chi connectivity index (χ0) is 19.4. The summed E-state index contributed by atoms with van der Waals surface area (Å²) in [5.74, 6) is 0. The molecule has 150 valence electrons. The summed E-state index contributed by atoms with van der Waals surface area (Å²) in [4.78, 5) is 2.16. The molecule has 0 aliphatic rings. The maximum Gasteiger partial charge on any atom is 0.297 e. The number of rotatable bonds is 14. The highest BCUT2D eigenvalue weighted by Crippen LogP contribution is 2.20. The van der Waals surface area contributed by atoms with Gasteiger partial charge in [-0.2, -0.15) is 8.42 Å². The van der Waals surface area contributed by atoms with Gasteiger partial charge >= 0.3 is 0 Å². The molecule has 0 saturated heterocycles. The van der Waals surface area contributed by atoms with Crippen molar-refractivity contribution in [2.75, 3.05) is 19.0 Å². The van der Waals surface area contributed by atoms with Crippen LogP contribution in [0.1, 0.15) is 78.1 Å². The molecule has 0 saturated carbocycles. The highest BCUT2D eigenvalue weighted by Gasteiger charge is 2.19. The summed E-state index contributed by atoms with van der Waals surface area (Å²) in [5, 5.41) is 0. The third-order valence-electron chi connectivity index (χ3n) is 4.65. The van der Waals surface area contributed by atoms with Gasteiger partial charge in [-0.3, -0.25) is 4.18 Å². The number of hydrogen-bond acceptors (Lipinski definition) is 4. The zero-order valence-electron chi connectivity index (χ0n) is 17.0. The van der Waals surface area contributed by atoms with E-state index in [4.69, 9.17) is 4.18 Å². The first-order valence-electron chi connectivity index (χ1n) is 10.1. The molecule has 0 radical (unpaired) electrons. The minimum Gasteiger partial charge on any atom is -0.378 e. The summed E-state index contributed by atoms with van der Waals surface area (Å²) < 4.78 is 30.1. The first kappa shape index (κ1) is 23.0. The van der Waals surface area contributed by atoms with E-state index in [0.29, 0.717) is 0 Å². The van der Waals surface area contributed by atoms with Crippen LogP contribution >= 0.6 is 0 Å². The normalized spacial score (nSPS) is 12.9. The predicted molar refractivity (Wildman–Crippen MR) is 110 cm³/mol. The standard InChI is InChI=1S/C21H37NO3S/c1-5-6-7-8-9-10-11-12-13-14-19(2)25-26(23,24)21-17-15-20(16-18-21)22(3)4/h15-19H,5-14H2,1-4H3. The van der Waals surface area contributed by atoms with Gasteiger partial charge in [-0.1, -0.05) is 64.7 Å². The minimum absolute atomic E-state index is 0.224. The molecule has 0 bridgehead atoms. The second-order valence-corrected chi connectivity index (χ2v) is 8.94. The molecule has 0 N–H and O–H groups in total. The largest absolute Gasteiger partial charge is 0.378 e. The summed E-state index contributed by atoms with van der Waals surface area (Å²) in [6, 6.07) is 6.80. The van der Waals surface area contributed by atoms with Crippen LogP contribution in [0, 0.1) is 0 Å². The summed E-state index contributed by atoms with van der Waals surface area (Å²) in [7, 11) is 0.167.